The van der Waals surface area contributed by atoms with Gasteiger partial charge in [-0.15, -0.1) is 0 Å². The third-order valence-corrected chi connectivity index (χ3v) is 4.28. The Morgan fingerprint density at radius 1 is 1.07 bits per heavy atom. The van der Waals surface area contributed by atoms with Gasteiger partial charge in [0.2, 0.25) is 10.0 Å². The Balaban J connectivity index is 1.93. The molecule has 0 aliphatic heterocycles. The van der Waals surface area contributed by atoms with E-state index < -0.39 is 21.8 Å². The van der Waals surface area contributed by atoms with Gasteiger partial charge in [-0.1, -0.05) is 12.1 Å². The van der Waals surface area contributed by atoms with E-state index in [1.807, 2.05) is 0 Å². The fraction of sp³-hybridized carbons (Fsp3) is 0.118. The lowest BCUT2D eigenvalue weighted by molar-refractivity contribution is -0.137. The number of nitrogens with zero attached hydrogens (tertiary/aromatic N) is 1. The lowest BCUT2D eigenvalue weighted by Crippen LogP contribution is -2.09. The first-order valence-corrected chi connectivity index (χ1v) is 9.46. The third-order valence-electron chi connectivity index (χ3n) is 3.68. The van der Waals surface area contributed by atoms with Crippen LogP contribution in [0.15, 0.2) is 48.5 Å². The summed E-state index contributed by atoms with van der Waals surface area (Å²) < 4.78 is 62.9. The molecular formula is C17H14F3N3O3S. The summed E-state index contributed by atoms with van der Waals surface area (Å²) in [7, 11) is -3.49. The molecule has 1 aromatic heterocycles. The Morgan fingerprint density at radius 2 is 1.74 bits per heavy atom. The Morgan fingerprint density at radius 3 is 2.33 bits per heavy atom. The monoisotopic (exact) mass is 397 g/mol. The first-order valence-electron chi connectivity index (χ1n) is 7.57. The van der Waals surface area contributed by atoms with Crippen LogP contribution in [0.2, 0.25) is 0 Å². The fourth-order valence-corrected chi connectivity index (χ4v) is 3.02. The molecule has 0 saturated carbocycles. The van der Waals surface area contributed by atoms with Gasteiger partial charge >= 0.3 is 6.18 Å². The summed E-state index contributed by atoms with van der Waals surface area (Å²) in [5, 5.41) is 16.8. The van der Waals surface area contributed by atoms with E-state index in [1.54, 1.807) is 6.07 Å². The van der Waals surface area contributed by atoms with Crippen LogP contribution >= 0.6 is 0 Å². The van der Waals surface area contributed by atoms with E-state index in [2.05, 4.69) is 14.9 Å². The molecule has 3 rings (SSSR count). The summed E-state index contributed by atoms with van der Waals surface area (Å²) in [5.74, 6) is -0.114. The zero-order valence-corrected chi connectivity index (χ0v) is 14.7. The highest BCUT2D eigenvalue weighted by atomic mass is 32.2. The highest BCUT2D eigenvalue weighted by molar-refractivity contribution is 7.92. The van der Waals surface area contributed by atoms with Crippen molar-refractivity contribution in [2.24, 2.45) is 0 Å². The number of hydrogen-bond acceptors (Lipinski definition) is 4. The number of aromatic amines is 1. The second kappa shape index (κ2) is 6.62. The Kier molecular flexibility index (Phi) is 4.60. The van der Waals surface area contributed by atoms with Gasteiger partial charge < -0.3 is 5.11 Å². The lowest BCUT2D eigenvalue weighted by atomic mass is 10.1. The fourth-order valence-electron chi connectivity index (χ4n) is 2.47. The summed E-state index contributed by atoms with van der Waals surface area (Å²) in [6.07, 6.45) is -3.42. The normalized spacial score (nSPS) is 12.1. The SMILES string of the molecule is CS(=O)(=O)Nc1ccc(O)c(-c2cc(-c3ccc(C(F)(F)F)cc3)n[nH]2)c1. The van der Waals surface area contributed by atoms with E-state index >= 15 is 0 Å². The van der Waals surface area contributed by atoms with E-state index in [4.69, 9.17) is 0 Å². The number of anilines is 1. The Bertz CT molecular complexity index is 1070. The summed E-state index contributed by atoms with van der Waals surface area (Å²) in [6.45, 7) is 0. The van der Waals surface area contributed by atoms with E-state index in [9.17, 15) is 26.7 Å². The molecule has 0 bridgehead atoms. The molecule has 1 heterocycles. The van der Waals surface area contributed by atoms with Crippen molar-refractivity contribution in [2.75, 3.05) is 11.0 Å². The maximum atomic E-state index is 12.6. The molecule has 0 radical (unpaired) electrons. The first kappa shape index (κ1) is 18.8. The molecule has 0 unspecified atom stereocenters. The molecule has 10 heteroatoms. The van der Waals surface area contributed by atoms with Gasteiger partial charge in [0.05, 0.1) is 23.2 Å². The molecule has 0 atom stereocenters. The van der Waals surface area contributed by atoms with Gasteiger partial charge in [-0.3, -0.25) is 9.82 Å². The number of phenols is 1. The minimum absolute atomic E-state index is 0.114. The number of halogens is 3. The number of alkyl halides is 3. The van der Waals surface area contributed by atoms with Crippen molar-refractivity contribution in [2.45, 2.75) is 6.18 Å². The van der Waals surface area contributed by atoms with Crippen molar-refractivity contribution >= 4 is 15.7 Å². The highest BCUT2D eigenvalue weighted by Gasteiger charge is 2.30. The van der Waals surface area contributed by atoms with Crippen LogP contribution in [0.5, 0.6) is 5.75 Å². The van der Waals surface area contributed by atoms with Crippen molar-refractivity contribution in [1.29, 1.82) is 0 Å². The topological polar surface area (TPSA) is 95.1 Å². The average Bonchev–Trinajstić information content (AvgIpc) is 3.04. The van der Waals surface area contributed by atoms with Gasteiger partial charge in [0.1, 0.15) is 5.75 Å². The van der Waals surface area contributed by atoms with Crippen LogP contribution in [0, 0.1) is 0 Å². The first-order chi connectivity index (χ1) is 12.5. The molecular weight excluding hydrogens is 383 g/mol. The number of phenolic OH excluding ortho intramolecular Hbond substituents is 1. The van der Waals surface area contributed by atoms with Gasteiger partial charge in [-0.2, -0.15) is 18.3 Å². The molecule has 27 heavy (non-hydrogen) atoms. The minimum atomic E-state index is -4.42. The number of H-pyrrole nitrogens is 1. The maximum absolute atomic E-state index is 12.6. The van der Waals surface area contributed by atoms with Crippen LogP contribution in [0.4, 0.5) is 18.9 Å². The molecule has 0 saturated heterocycles. The van der Waals surface area contributed by atoms with Crippen LogP contribution in [0.25, 0.3) is 22.5 Å². The number of hydrogen-bond donors (Lipinski definition) is 3. The molecule has 3 N–H and O–H groups in total. The van der Waals surface area contributed by atoms with Crippen molar-refractivity contribution in [3.63, 3.8) is 0 Å². The van der Waals surface area contributed by atoms with Crippen LogP contribution < -0.4 is 4.72 Å². The quantitative estimate of drug-likeness (QED) is 0.583. The van der Waals surface area contributed by atoms with Crippen molar-refractivity contribution in [3.8, 4) is 28.3 Å². The van der Waals surface area contributed by atoms with E-state index in [1.165, 1.54) is 30.3 Å². The Hall–Kier alpha value is -3.01. The molecule has 6 nitrogen and oxygen atoms in total. The van der Waals surface area contributed by atoms with E-state index in [0.29, 0.717) is 17.0 Å². The largest absolute Gasteiger partial charge is 0.507 e. The van der Waals surface area contributed by atoms with Crippen LogP contribution in [0.3, 0.4) is 0 Å². The number of rotatable bonds is 4. The Labute approximate surface area is 152 Å². The maximum Gasteiger partial charge on any atom is 0.416 e. The predicted molar refractivity (Wildman–Crippen MR) is 94.6 cm³/mol. The van der Waals surface area contributed by atoms with E-state index in [0.717, 1.165) is 18.4 Å². The van der Waals surface area contributed by atoms with Crippen LogP contribution in [-0.4, -0.2) is 30.0 Å². The van der Waals surface area contributed by atoms with Crippen LogP contribution in [-0.2, 0) is 16.2 Å². The molecule has 0 fully saturated rings. The second-order valence-electron chi connectivity index (χ2n) is 5.85. The molecule has 0 amide bonds. The summed E-state index contributed by atoms with van der Waals surface area (Å²) >= 11 is 0. The highest BCUT2D eigenvalue weighted by Crippen LogP contribution is 2.34. The average molecular weight is 397 g/mol. The number of aromatic nitrogens is 2. The third kappa shape index (κ3) is 4.40. The van der Waals surface area contributed by atoms with Gasteiger partial charge in [-0.25, -0.2) is 8.42 Å². The molecule has 0 aliphatic rings. The zero-order valence-electron chi connectivity index (χ0n) is 13.9. The van der Waals surface area contributed by atoms with Crippen molar-refractivity contribution < 1.29 is 26.7 Å². The second-order valence-corrected chi connectivity index (χ2v) is 7.60. The molecule has 2 aromatic carbocycles. The standard InChI is InChI=1S/C17H14F3N3O3S/c1-27(25,26)23-12-6-7-16(24)13(8-12)15-9-14(21-22-15)10-2-4-11(5-3-10)17(18,19)20/h2-9,23-24H,1H3,(H,21,22). The number of benzene rings is 2. The van der Waals surface area contributed by atoms with E-state index in [-0.39, 0.29) is 17.0 Å². The van der Waals surface area contributed by atoms with Gasteiger partial charge in [-0.05, 0) is 36.4 Å². The number of aromatic hydroxyl groups is 1. The molecule has 142 valence electrons. The van der Waals surface area contributed by atoms with Crippen LogP contribution in [0.1, 0.15) is 5.56 Å². The minimum Gasteiger partial charge on any atom is -0.507 e. The summed E-state index contributed by atoms with van der Waals surface area (Å²) in [5.41, 5.74) is 0.971. The lowest BCUT2D eigenvalue weighted by Gasteiger charge is -2.07. The smallest absolute Gasteiger partial charge is 0.416 e. The molecule has 0 aliphatic carbocycles. The van der Waals surface area contributed by atoms with Crippen molar-refractivity contribution in [1.82, 2.24) is 10.2 Å². The predicted octanol–water partition coefficient (Wildman–Crippen LogP) is 3.84. The number of nitrogens with one attached hydrogen (secondary N) is 2. The number of sulfonamides is 1. The summed E-state index contributed by atoms with van der Waals surface area (Å²) in [4.78, 5) is 0. The molecule has 0 spiro atoms. The van der Waals surface area contributed by atoms with Crippen molar-refractivity contribution in [3.05, 3.63) is 54.1 Å². The summed E-state index contributed by atoms with van der Waals surface area (Å²) in [6, 6.07) is 10.2. The van der Waals surface area contributed by atoms with Gasteiger partial charge in [0.15, 0.2) is 0 Å². The van der Waals surface area contributed by atoms with Gasteiger partial charge in [0.25, 0.3) is 0 Å². The van der Waals surface area contributed by atoms with Gasteiger partial charge in [0, 0.05) is 16.8 Å². The molecule has 3 aromatic rings. The zero-order chi connectivity index (χ0) is 19.8.